The Hall–Kier alpha value is -2.40. The van der Waals surface area contributed by atoms with Crippen molar-refractivity contribution in [2.45, 2.75) is 25.8 Å². The van der Waals surface area contributed by atoms with Crippen molar-refractivity contribution in [2.24, 2.45) is 0 Å². The molecule has 0 unspecified atom stereocenters. The minimum Gasteiger partial charge on any atom is -0.367 e. The molecule has 1 aromatic heterocycles. The van der Waals surface area contributed by atoms with Crippen molar-refractivity contribution in [3.8, 4) is 0 Å². The molecule has 1 aliphatic rings. The summed E-state index contributed by atoms with van der Waals surface area (Å²) in [6, 6.07) is 16.0. The summed E-state index contributed by atoms with van der Waals surface area (Å²) in [5.41, 5.74) is 1.87. The second kappa shape index (κ2) is 7.93. The number of nitrogens with one attached hydrogen (secondary N) is 2. The lowest BCUT2D eigenvalue weighted by Crippen LogP contribution is -2.42. The number of carbonyl (C=O) groups excluding carboxylic acids is 1. The molecule has 24 heavy (non-hydrogen) atoms. The van der Waals surface area contributed by atoms with Crippen molar-refractivity contribution in [2.75, 3.05) is 30.3 Å². The summed E-state index contributed by atoms with van der Waals surface area (Å²) in [5.74, 6) is 0.989. The Bertz CT molecular complexity index is 666. The molecule has 2 N–H and O–H groups in total. The molecule has 0 radical (unpaired) electrons. The molecule has 126 valence electrons. The van der Waals surface area contributed by atoms with E-state index < -0.39 is 0 Å². The predicted molar refractivity (Wildman–Crippen MR) is 97.1 cm³/mol. The molecule has 2 heterocycles. The van der Waals surface area contributed by atoms with Gasteiger partial charge in [0.15, 0.2) is 0 Å². The SMILES string of the molecule is Cc1cccc(NC2CCN(CC(=O)Nc3ccccc3)CC2)n1. The average Bonchev–Trinajstić information content (AvgIpc) is 2.57. The molecule has 1 aromatic carbocycles. The maximum absolute atomic E-state index is 12.1. The molecule has 2 aromatic rings. The summed E-state index contributed by atoms with van der Waals surface area (Å²) in [5, 5.41) is 6.44. The van der Waals surface area contributed by atoms with E-state index in [4.69, 9.17) is 0 Å². The van der Waals surface area contributed by atoms with E-state index in [9.17, 15) is 4.79 Å². The van der Waals surface area contributed by atoms with Gasteiger partial charge in [-0.1, -0.05) is 24.3 Å². The van der Waals surface area contributed by atoms with Crippen LogP contribution in [0.25, 0.3) is 0 Å². The van der Waals surface area contributed by atoms with E-state index in [1.54, 1.807) is 0 Å². The number of aromatic nitrogens is 1. The molecular weight excluding hydrogens is 300 g/mol. The Morgan fingerprint density at radius 1 is 1.12 bits per heavy atom. The van der Waals surface area contributed by atoms with E-state index in [0.29, 0.717) is 12.6 Å². The fraction of sp³-hybridized carbons (Fsp3) is 0.368. The van der Waals surface area contributed by atoms with Gasteiger partial charge in [-0.3, -0.25) is 9.69 Å². The zero-order valence-electron chi connectivity index (χ0n) is 14.0. The Morgan fingerprint density at radius 2 is 1.88 bits per heavy atom. The third kappa shape index (κ3) is 4.80. The molecule has 1 amide bonds. The van der Waals surface area contributed by atoms with Gasteiger partial charge in [-0.25, -0.2) is 4.98 Å². The van der Waals surface area contributed by atoms with Gasteiger partial charge in [-0.2, -0.15) is 0 Å². The standard InChI is InChI=1S/C19H24N4O/c1-15-6-5-9-18(20-15)21-17-10-12-23(13-11-17)14-19(24)22-16-7-3-2-4-8-16/h2-9,17H,10-14H2,1H3,(H,20,21)(H,22,24). The van der Waals surface area contributed by atoms with Crippen LogP contribution in [-0.4, -0.2) is 41.5 Å². The first-order valence-electron chi connectivity index (χ1n) is 8.46. The number of pyridine rings is 1. The number of amides is 1. The zero-order chi connectivity index (χ0) is 16.8. The molecule has 1 saturated heterocycles. The van der Waals surface area contributed by atoms with Gasteiger partial charge in [0.2, 0.25) is 5.91 Å². The first-order valence-corrected chi connectivity index (χ1v) is 8.46. The average molecular weight is 324 g/mol. The van der Waals surface area contributed by atoms with Crippen LogP contribution in [0.3, 0.4) is 0 Å². The number of benzene rings is 1. The highest BCUT2D eigenvalue weighted by molar-refractivity contribution is 5.92. The number of hydrogen-bond donors (Lipinski definition) is 2. The third-order valence-corrected chi connectivity index (χ3v) is 4.25. The molecule has 0 atom stereocenters. The van der Waals surface area contributed by atoms with Crippen molar-refractivity contribution in [1.82, 2.24) is 9.88 Å². The number of carbonyl (C=O) groups is 1. The van der Waals surface area contributed by atoms with Crippen molar-refractivity contribution in [1.29, 1.82) is 0 Å². The summed E-state index contributed by atoms with van der Waals surface area (Å²) in [4.78, 5) is 18.8. The quantitative estimate of drug-likeness (QED) is 0.888. The van der Waals surface area contributed by atoms with Crippen LogP contribution in [-0.2, 0) is 4.79 Å². The first kappa shape index (κ1) is 16.5. The Kier molecular flexibility index (Phi) is 5.43. The van der Waals surface area contributed by atoms with Crippen LogP contribution in [0.2, 0.25) is 0 Å². The molecule has 5 heteroatoms. The highest BCUT2D eigenvalue weighted by Gasteiger charge is 2.21. The van der Waals surface area contributed by atoms with Crippen LogP contribution in [0.4, 0.5) is 11.5 Å². The third-order valence-electron chi connectivity index (χ3n) is 4.25. The van der Waals surface area contributed by atoms with Gasteiger partial charge in [-0.15, -0.1) is 0 Å². The van der Waals surface area contributed by atoms with E-state index in [0.717, 1.165) is 43.1 Å². The minimum absolute atomic E-state index is 0.0490. The van der Waals surface area contributed by atoms with Crippen LogP contribution in [0.15, 0.2) is 48.5 Å². The largest absolute Gasteiger partial charge is 0.367 e. The van der Waals surface area contributed by atoms with E-state index >= 15 is 0 Å². The number of aryl methyl sites for hydroxylation is 1. The smallest absolute Gasteiger partial charge is 0.238 e. The number of anilines is 2. The maximum Gasteiger partial charge on any atom is 0.238 e. The number of rotatable bonds is 5. The summed E-state index contributed by atoms with van der Waals surface area (Å²) in [6.07, 6.45) is 2.04. The molecule has 1 fully saturated rings. The highest BCUT2D eigenvalue weighted by atomic mass is 16.2. The fourth-order valence-corrected chi connectivity index (χ4v) is 2.99. The molecule has 0 spiro atoms. The number of hydrogen-bond acceptors (Lipinski definition) is 4. The van der Waals surface area contributed by atoms with Gasteiger partial charge in [0, 0.05) is 30.5 Å². The van der Waals surface area contributed by atoms with Gasteiger partial charge in [0.05, 0.1) is 6.54 Å². The Balaban J connectivity index is 1.42. The molecule has 0 bridgehead atoms. The van der Waals surface area contributed by atoms with Gasteiger partial charge in [0.1, 0.15) is 5.82 Å². The fourth-order valence-electron chi connectivity index (χ4n) is 2.99. The van der Waals surface area contributed by atoms with Crippen molar-refractivity contribution < 1.29 is 4.79 Å². The molecule has 5 nitrogen and oxygen atoms in total. The summed E-state index contributed by atoms with van der Waals surface area (Å²) < 4.78 is 0. The molecule has 0 saturated carbocycles. The predicted octanol–water partition coefficient (Wildman–Crippen LogP) is 2.91. The number of piperidine rings is 1. The monoisotopic (exact) mass is 324 g/mol. The van der Waals surface area contributed by atoms with E-state index in [2.05, 4.69) is 20.5 Å². The maximum atomic E-state index is 12.1. The van der Waals surface area contributed by atoms with Crippen LogP contribution in [0, 0.1) is 6.92 Å². The van der Waals surface area contributed by atoms with E-state index in [1.165, 1.54) is 0 Å². The lowest BCUT2D eigenvalue weighted by Gasteiger charge is -2.32. The number of para-hydroxylation sites is 1. The highest BCUT2D eigenvalue weighted by Crippen LogP contribution is 2.15. The molecule has 3 rings (SSSR count). The summed E-state index contributed by atoms with van der Waals surface area (Å²) in [6.45, 7) is 4.29. The van der Waals surface area contributed by atoms with E-state index in [-0.39, 0.29) is 5.91 Å². The van der Waals surface area contributed by atoms with Crippen molar-refractivity contribution in [3.63, 3.8) is 0 Å². The first-order chi connectivity index (χ1) is 11.7. The van der Waals surface area contributed by atoms with Crippen LogP contribution in [0.1, 0.15) is 18.5 Å². The van der Waals surface area contributed by atoms with Gasteiger partial charge in [-0.05, 0) is 44.0 Å². The Morgan fingerprint density at radius 3 is 2.58 bits per heavy atom. The van der Waals surface area contributed by atoms with Crippen LogP contribution in [0.5, 0.6) is 0 Å². The molecule has 0 aliphatic carbocycles. The van der Waals surface area contributed by atoms with Crippen LogP contribution < -0.4 is 10.6 Å². The number of likely N-dealkylation sites (tertiary alicyclic amines) is 1. The molecular formula is C19H24N4O. The number of nitrogens with zero attached hydrogens (tertiary/aromatic N) is 2. The minimum atomic E-state index is 0.0490. The van der Waals surface area contributed by atoms with Gasteiger partial charge in [0.25, 0.3) is 0 Å². The summed E-state index contributed by atoms with van der Waals surface area (Å²) in [7, 11) is 0. The normalized spacial score (nSPS) is 15.9. The topological polar surface area (TPSA) is 57.3 Å². The van der Waals surface area contributed by atoms with Crippen molar-refractivity contribution in [3.05, 3.63) is 54.2 Å². The van der Waals surface area contributed by atoms with Crippen molar-refractivity contribution >= 4 is 17.4 Å². The van der Waals surface area contributed by atoms with E-state index in [1.807, 2.05) is 55.5 Å². The summed E-state index contributed by atoms with van der Waals surface area (Å²) >= 11 is 0. The Labute approximate surface area is 143 Å². The second-order valence-electron chi connectivity index (χ2n) is 6.27. The zero-order valence-corrected chi connectivity index (χ0v) is 14.0. The molecule has 1 aliphatic heterocycles. The van der Waals surface area contributed by atoms with Crippen LogP contribution >= 0.6 is 0 Å². The van der Waals surface area contributed by atoms with Gasteiger partial charge >= 0.3 is 0 Å². The second-order valence-corrected chi connectivity index (χ2v) is 6.27. The lowest BCUT2D eigenvalue weighted by atomic mass is 10.1. The van der Waals surface area contributed by atoms with Gasteiger partial charge < -0.3 is 10.6 Å². The lowest BCUT2D eigenvalue weighted by molar-refractivity contribution is -0.117.